The van der Waals surface area contributed by atoms with Crippen molar-refractivity contribution in [2.45, 2.75) is 30.8 Å². The van der Waals surface area contributed by atoms with E-state index in [1.807, 2.05) is 18.2 Å². The van der Waals surface area contributed by atoms with Crippen LogP contribution in [0.25, 0.3) is 0 Å². The summed E-state index contributed by atoms with van der Waals surface area (Å²) in [6, 6.07) is 5.76. The number of hydrogen-bond acceptors (Lipinski definition) is 5. The van der Waals surface area contributed by atoms with Crippen LogP contribution < -0.4 is 9.62 Å². The summed E-state index contributed by atoms with van der Waals surface area (Å²) in [4.78, 5) is 6.52. The molecule has 2 aromatic heterocycles. The zero-order valence-corrected chi connectivity index (χ0v) is 14.1. The van der Waals surface area contributed by atoms with Gasteiger partial charge in [0.2, 0.25) is 0 Å². The standard InChI is InChI=1S/C15H21N5O2S/c1-12-11-17-19(2)15(12)23(21,22)18-13-6-9-20(10-7-13)14-5-3-4-8-16-14/h3-5,8,11,13,18H,6-7,9-10H2,1-2H3. The monoisotopic (exact) mass is 335 g/mol. The molecule has 3 heterocycles. The third-order valence-electron chi connectivity index (χ3n) is 4.10. The van der Waals surface area contributed by atoms with Gasteiger partial charge in [-0.1, -0.05) is 6.07 Å². The van der Waals surface area contributed by atoms with Crippen LogP contribution in [0.4, 0.5) is 5.82 Å². The van der Waals surface area contributed by atoms with Gasteiger partial charge in [0.05, 0.1) is 6.20 Å². The molecule has 0 atom stereocenters. The first kappa shape index (κ1) is 15.9. The van der Waals surface area contributed by atoms with Gasteiger partial charge in [0.15, 0.2) is 5.03 Å². The number of nitrogens with one attached hydrogen (secondary N) is 1. The molecule has 0 bridgehead atoms. The highest BCUT2D eigenvalue weighted by atomic mass is 32.2. The van der Waals surface area contributed by atoms with E-state index in [0.717, 1.165) is 31.7 Å². The van der Waals surface area contributed by atoms with E-state index in [9.17, 15) is 8.42 Å². The smallest absolute Gasteiger partial charge is 0.258 e. The highest BCUT2D eigenvalue weighted by Gasteiger charge is 2.28. The number of aromatic nitrogens is 3. The lowest BCUT2D eigenvalue weighted by Crippen LogP contribution is -2.45. The average molecular weight is 335 g/mol. The number of anilines is 1. The zero-order valence-electron chi connectivity index (χ0n) is 13.3. The Morgan fingerprint density at radius 3 is 2.57 bits per heavy atom. The summed E-state index contributed by atoms with van der Waals surface area (Å²) in [5, 5.41) is 4.25. The third kappa shape index (κ3) is 3.37. The molecule has 8 heteroatoms. The zero-order chi connectivity index (χ0) is 16.4. The number of sulfonamides is 1. The van der Waals surface area contributed by atoms with Gasteiger partial charge in [-0.3, -0.25) is 4.68 Å². The molecule has 1 N–H and O–H groups in total. The molecule has 0 aliphatic carbocycles. The lowest BCUT2D eigenvalue weighted by Gasteiger charge is -2.32. The van der Waals surface area contributed by atoms with E-state index in [2.05, 4.69) is 19.7 Å². The fourth-order valence-corrected chi connectivity index (χ4v) is 4.62. The van der Waals surface area contributed by atoms with E-state index in [1.54, 1.807) is 26.4 Å². The molecule has 1 aliphatic heterocycles. The van der Waals surface area contributed by atoms with Crippen LogP contribution in [0.3, 0.4) is 0 Å². The van der Waals surface area contributed by atoms with Crippen LogP contribution >= 0.6 is 0 Å². The van der Waals surface area contributed by atoms with Crippen molar-refractivity contribution < 1.29 is 8.42 Å². The predicted molar refractivity (Wildman–Crippen MR) is 87.7 cm³/mol. The molecule has 7 nitrogen and oxygen atoms in total. The van der Waals surface area contributed by atoms with Crippen LogP contribution in [0.15, 0.2) is 35.6 Å². The quantitative estimate of drug-likeness (QED) is 0.904. The molecule has 1 aliphatic rings. The van der Waals surface area contributed by atoms with Crippen molar-refractivity contribution in [1.29, 1.82) is 0 Å². The Labute approximate surface area is 136 Å². The minimum atomic E-state index is -3.54. The summed E-state index contributed by atoms with van der Waals surface area (Å²) in [6.07, 6.45) is 4.85. The van der Waals surface area contributed by atoms with Gasteiger partial charge in [-0.25, -0.2) is 18.1 Å². The van der Waals surface area contributed by atoms with Crippen molar-refractivity contribution in [3.8, 4) is 0 Å². The Morgan fingerprint density at radius 2 is 2.00 bits per heavy atom. The van der Waals surface area contributed by atoms with Gasteiger partial charge in [-0.05, 0) is 31.9 Å². The van der Waals surface area contributed by atoms with Crippen LogP contribution in [0.1, 0.15) is 18.4 Å². The van der Waals surface area contributed by atoms with Gasteiger partial charge < -0.3 is 4.90 Å². The summed E-state index contributed by atoms with van der Waals surface area (Å²) < 4.78 is 29.3. The topological polar surface area (TPSA) is 80.1 Å². The lowest BCUT2D eigenvalue weighted by molar-refractivity contribution is 0.455. The second kappa shape index (κ2) is 6.29. The van der Waals surface area contributed by atoms with Gasteiger partial charge >= 0.3 is 0 Å². The molecule has 0 radical (unpaired) electrons. The van der Waals surface area contributed by atoms with Gasteiger partial charge in [0.1, 0.15) is 5.82 Å². The second-order valence-electron chi connectivity index (χ2n) is 5.83. The summed E-state index contributed by atoms with van der Waals surface area (Å²) in [5.74, 6) is 0.941. The van der Waals surface area contributed by atoms with Gasteiger partial charge in [0, 0.05) is 37.9 Å². The fraction of sp³-hybridized carbons (Fsp3) is 0.467. The van der Waals surface area contributed by atoms with Crippen LogP contribution in [0, 0.1) is 6.92 Å². The molecule has 1 saturated heterocycles. The van der Waals surface area contributed by atoms with E-state index >= 15 is 0 Å². The van der Waals surface area contributed by atoms with E-state index in [-0.39, 0.29) is 11.1 Å². The van der Waals surface area contributed by atoms with Crippen molar-refractivity contribution in [3.05, 3.63) is 36.2 Å². The first-order chi connectivity index (χ1) is 11.0. The minimum Gasteiger partial charge on any atom is -0.357 e. The molecule has 23 heavy (non-hydrogen) atoms. The predicted octanol–water partition coefficient (Wildman–Crippen LogP) is 1.07. The van der Waals surface area contributed by atoms with E-state index < -0.39 is 10.0 Å². The van der Waals surface area contributed by atoms with E-state index in [1.165, 1.54) is 4.68 Å². The lowest BCUT2D eigenvalue weighted by atomic mass is 10.1. The average Bonchev–Trinajstić information content (AvgIpc) is 2.88. The molecule has 3 rings (SSSR count). The molecular weight excluding hydrogens is 314 g/mol. The second-order valence-corrected chi connectivity index (χ2v) is 7.46. The van der Waals surface area contributed by atoms with Crippen LogP contribution in [-0.4, -0.2) is 42.3 Å². The number of rotatable bonds is 4. The molecule has 0 spiro atoms. The van der Waals surface area contributed by atoms with Gasteiger partial charge in [-0.2, -0.15) is 5.10 Å². The molecule has 0 aromatic carbocycles. The normalized spacial score (nSPS) is 16.7. The Kier molecular flexibility index (Phi) is 4.36. The van der Waals surface area contributed by atoms with Crippen molar-refractivity contribution in [3.63, 3.8) is 0 Å². The first-order valence-corrected chi connectivity index (χ1v) is 9.12. The molecule has 2 aromatic rings. The van der Waals surface area contributed by atoms with Crippen molar-refractivity contribution in [1.82, 2.24) is 19.5 Å². The Morgan fingerprint density at radius 1 is 1.26 bits per heavy atom. The maximum Gasteiger partial charge on any atom is 0.258 e. The summed E-state index contributed by atoms with van der Waals surface area (Å²) in [7, 11) is -1.90. The summed E-state index contributed by atoms with van der Waals surface area (Å²) in [6.45, 7) is 3.33. The Bertz CT molecular complexity index is 745. The number of piperidine rings is 1. The number of pyridine rings is 1. The number of aryl methyl sites for hydroxylation is 2. The maximum absolute atomic E-state index is 12.6. The van der Waals surface area contributed by atoms with Gasteiger partial charge in [0.25, 0.3) is 10.0 Å². The Hall–Kier alpha value is -1.93. The molecule has 1 fully saturated rings. The van der Waals surface area contributed by atoms with Gasteiger partial charge in [-0.15, -0.1) is 0 Å². The number of nitrogens with zero attached hydrogens (tertiary/aromatic N) is 4. The fourth-order valence-electron chi connectivity index (χ4n) is 2.96. The van der Waals surface area contributed by atoms with Crippen LogP contribution in [-0.2, 0) is 17.1 Å². The molecule has 124 valence electrons. The first-order valence-electron chi connectivity index (χ1n) is 7.64. The molecule has 0 saturated carbocycles. The SMILES string of the molecule is Cc1cnn(C)c1S(=O)(=O)NC1CCN(c2ccccn2)CC1. The summed E-state index contributed by atoms with van der Waals surface area (Å²) in [5.41, 5.74) is 0.658. The van der Waals surface area contributed by atoms with E-state index in [0.29, 0.717) is 5.56 Å². The molecule has 0 amide bonds. The molecule has 0 unspecified atom stereocenters. The highest BCUT2D eigenvalue weighted by molar-refractivity contribution is 7.89. The number of hydrogen-bond donors (Lipinski definition) is 1. The van der Waals surface area contributed by atoms with Crippen molar-refractivity contribution in [2.24, 2.45) is 7.05 Å². The third-order valence-corrected chi connectivity index (χ3v) is 5.84. The van der Waals surface area contributed by atoms with E-state index in [4.69, 9.17) is 0 Å². The van der Waals surface area contributed by atoms with Crippen molar-refractivity contribution in [2.75, 3.05) is 18.0 Å². The Balaban J connectivity index is 1.65. The maximum atomic E-state index is 12.6. The summed E-state index contributed by atoms with van der Waals surface area (Å²) >= 11 is 0. The van der Waals surface area contributed by atoms with Crippen LogP contribution in [0.5, 0.6) is 0 Å². The molecular formula is C15H21N5O2S. The van der Waals surface area contributed by atoms with Crippen molar-refractivity contribution >= 4 is 15.8 Å². The largest absolute Gasteiger partial charge is 0.357 e. The van der Waals surface area contributed by atoms with Crippen LogP contribution in [0.2, 0.25) is 0 Å². The highest BCUT2D eigenvalue weighted by Crippen LogP contribution is 2.20. The minimum absolute atomic E-state index is 0.0609.